The van der Waals surface area contributed by atoms with E-state index in [-0.39, 0.29) is 11.9 Å². The van der Waals surface area contributed by atoms with E-state index in [2.05, 4.69) is 49.3 Å². The Hall–Kier alpha value is -1.74. The smallest absolute Gasteiger partial charge is 0.146 e. The first-order valence-electron chi connectivity index (χ1n) is 7.03. The highest BCUT2D eigenvalue weighted by molar-refractivity contribution is 5.35. The minimum atomic E-state index is -0.264. The van der Waals surface area contributed by atoms with E-state index in [1.54, 1.807) is 12.3 Å². The number of aromatic nitrogens is 1. The molecule has 0 fully saturated rings. The molecular formula is C17H21FN2. The average molecular weight is 272 g/mol. The molecule has 20 heavy (non-hydrogen) atoms. The molecule has 106 valence electrons. The van der Waals surface area contributed by atoms with Crippen molar-refractivity contribution >= 4 is 0 Å². The second kappa shape index (κ2) is 6.62. The predicted octanol–water partition coefficient (Wildman–Crippen LogP) is 3.93. The maximum Gasteiger partial charge on any atom is 0.146 e. The zero-order valence-corrected chi connectivity index (χ0v) is 12.3. The molecule has 1 aromatic carbocycles. The Morgan fingerprint density at radius 2 is 1.90 bits per heavy atom. The van der Waals surface area contributed by atoms with Crippen LogP contribution in [0.4, 0.5) is 4.39 Å². The number of hydrogen-bond donors (Lipinski definition) is 1. The predicted molar refractivity (Wildman–Crippen MR) is 80.2 cm³/mol. The fraction of sp³-hybridized carbons (Fsp3) is 0.353. The van der Waals surface area contributed by atoms with Gasteiger partial charge in [0.15, 0.2) is 0 Å². The number of halogens is 1. The lowest BCUT2D eigenvalue weighted by Gasteiger charge is -2.20. The molecule has 1 heterocycles. The van der Waals surface area contributed by atoms with E-state index in [9.17, 15) is 4.39 Å². The van der Waals surface area contributed by atoms with Crippen LogP contribution in [-0.4, -0.2) is 11.5 Å². The molecule has 0 bridgehead atoms. The topological polar surface area (TPSA) is 24.9 Å². The molecule has 1 aromatic heterocycles. The number of pyridine rings is 1. The summed E-state index contributed by atoms with van der Waals surface area (Å²) in [5.74, 6) is -0.264. The lowest BCUT2D eigenvalue weighted by atomic mass is 9.98. The minimum absolute atomic E-state index is 0.199. The Morgan fingerprint density at radius 3 is 2.50 bits per heavy atom. The Kier molecular flexibility index (Phi) is 4.85. The molecule has 2 rings (SSSR count). The summed E-state index contributed by atoms with van der Waals surface area (Å²) in [7, 11) is 0. The van der Waals surface area contributed by atoms with Gasteiger partial charge in [-0.05, 0) is 44.5 Å². The Bertz CT molecular complexity index is 561. The van der Waals surface area contributed by atoms with Crippen molar-refractivity contribution in [1.29, 1.82) is 0 Å². The van der Waals surface area contributed by atoms with Crippen molar-refractivity contribution in [3.63, 3.8) is 0 Å². The fourth-order valence-electron chi connectivity index (χ4n) is 2.45. The molecule has 1 atom stereocenters. The highest BCUT2D eigenvalue weighted by atomic mass is 19.1. The molecule has 2 nitrogen and oxygen atoms in total. The van der Waals surface area contributed by atoms with Gasteiger partial charge >= 0.3 is 0 Å². The summed E-state index contributed by atoms with van der Waals surface area (Å²) in [6, 6.07) is 9.19. The second-order valence-electron chi connectivity index (χ2n) is 5.18. The first-order chi connectivity index (χ1) is 9.61. The van der Waals surface area contributed by atoms with E-state index in [0.717, 1.165) is 18.5 Å². The van der Waals surface area contributed by atoms with Gasteiger partial charge in [0.1, 0.15) is 5.82 Å². The molecule has 0 radical (unpaired) electrons. The van der Waals surface area contributed by atoms with Gasteiger partial charge in [0.05, 0.1) is 11.7 Å². The van der Waals surface area contributed by atoms with E-state index in [1.807, 2.05) is 0 Å². The van der Waals surface area contributed by atoms with Crippen molar-refractivity contribution in [2.24, 2.45) is 0 Å². The molecule has 1 N–H and O–H groups in total. The van der Waals surface area contributed by atoms with Crippen LogP contribution >= 0.6 is 0 Å². The SMILES string of the molecule is CCCNC(c1cc(C)cc(C)c1)c1ncccc1F. The molecule has 0 amide bonds. The molecule has 0 aliphatic carbocycles. The van der Waals surface area contributed by atoms with E-state index in [4.69, 9.17) is 0 Å². The van der Waals surface area contributed by atoms with Gasteiger partial charge in [-0.15, -0.1) is 0 Å². The maximum atomic E-state index is 14.1. The highest BCUT2D eigenvalue weighted by Gasteiger charge is 2.18. The molecule has 0 aliphatic rings. The van der Waals surface area contributed by atoms with Crippen LogP contribution in [0, 0.1) is 19.7 Å². The Labute approximate surface area is 120 Å². The van der Waals surface area contributed by atoms with Crippen LogP contribution in [0.15, 0.2) is 36.5 Å². The van der Waals surface area contributed by atoms with Crippen LogP contribution in [0.25, 0.3) is 0 Å². The lowest BCUT2D eigenvalue weighted by molar-refractivity contribution is 0.531. The first kappa shape index (κ1) is 14.7. The zero-order chi connectivity index (χ0) is 14.5. The molecule has 0 saturated carbocycles. The largest absolute Gasteiger partial charge is 0.305 e. The number of hydrogen-bond acceptors (Lipinski definition) is 2. The van der Waals surface area contributed by atoms with Crippen molar-refractivity contribution in [2.75, 3.05) is 6.54 Å². The number of benzene rings is 1. The van der Waals surface area contributed by atoms with Crippen LogP contribution in [0.3, 0.4) is 0 Å². The third-order valence-corrected chi connectivity index (χ3v) is 3.24. The van der Waals surface area contributed by atoms with Crippen molar-refractivity contribution in [2.45, 2.75) is 33.2 Å². The van der Waals surface area contributed by atoms with Crippen LogP contribution in [-0.2, 0) is 0 Å². The van der Waals surface area contributed by atoms with Crippen LogP contribution in [0.1, 0.15) is 41.8 Å². The van der Waals surface area contributed by atoms with Gasteiger partial charge in [0, 0.05) is 6.20 Å². The van der Waals surface area contributed by atoms with Crippen molar-refractivity contribution < 1.29 is 4.39 Å². The van der Waals surface area contributed by atoms with Gasteiger partial charge in [0.25, 0.3) is 0 Å². The molecule has 0 spiro atoms. The molecule has 1 unspecified atom stereocenters. The zero-order valence-electron chi connectivity index (χ0n) is 12.3. The third-order valence-electron chi connectivity index (χ3n) is 3.24. The summed E-state index contributed by atoms with van der Waals surface area (Å²) >= 11 is 0. The van der Waals surface area contributed by atoms with Crippen molar-refractivity contribution in [3.8, 4) is 0 Å². The highest BCUT2D eigenvalue weighted by Crippen LogP contribution is 2.24. The fourth-order valence-corrected chi connectivity index (χ4v) is 2.45. The summed E-state index contributed by atoms with van der Waals surface area (Å²) in [6.07, 6.45) is 2.64. The van der Waals surface area contributed by atoms with Crippen LogP contribution in [0.2, 0.25) is 0 Å². The Morgan fingerprint density at radius 1 is 1.20 bits per heavy atom. The number of aryl methyl sites for hydroxylation is 2. The minimum Gasteiger partial charge on any atom is -0.305 e. The van der Waals surface area contributed by atoms with E-state index >= 15 is 0 Å². The van der Waals surface area contributed by atoms with Gasteiger partial charge in [-0.25, -0.2) is 4.39 Å². The van der Waals surface area contributed by atoms with Gasteiger partial charge in [-0.2, -0.15) is 0 Å². The first-order valence-corrected chi connectivity index (χ1v) is 7.03. The summed E-state index contributed by atoms with van der Waals surface area (Å²) in [4.78, 5) is 4.23. The third kappa shape index (κ3) is 3.42. The van der Waals surface area contributed by atoms with Crippen LogP contribution < -0.4 is 5.32 Å². The average Bonchev–Trinajstić information content (AvgIpc) is 2.40. The summed E-state index contributed by atoms with van der Waals surface area (Å²) in [5, 5.41) is 3.39. The normalized spacial score (nSPS) is 12.4. The number of rotatable bonds is 5. The molecule has 0 aliphatic heterocycles. The summed E-state index contributed by atoms with van der Waals surface area (Å²) < 4.78 is 14.1. The van der Waals surface area contributed by atoms with Gasteiger partial charge in [0.2, 0.25) is 0 Å². The van der Waals surface area contributed by atoms with Crippen molar-refractivity contribution in [1.82, 2.24) is 10.3 Å². The number of nitrogens with one attached hydrogen (secondary N) is 1. The summed E-state index contributed by atoms with van der Waals surface area (Å²) in [6.45, 7) is 7.04. The standard InChI is InChI=1S/C17H21FN2/c1-4-7-19-16(17-15(18)6-5-8-20-17)14-10-12(2)9-13(3)11-14/h5-6,8-11,16,19H,4,7H2,1-3H3. The van der Waals surface area contributed by atoms with E-state index in [0.29, 0.717) is 5.69 Å². The van der Waals surface area contributed by atoms with Crippen LogP contribution in [0.5, 0.6) is 0 Å². The second-order valence-corrected chi connectivity index (χ2v) is 5.18. The number of nitrogens with zero attached hydrogens (tertiary/aromatic N) is 1. The summed E-state index contributed by atoms with van der Waals surface area (Å²) in [5.41, 5.74) is 3.89. The molecule has 3 heteroatoms. The molecule has 2 aromatic rings. The van der Waals surface area contributed by atoms with Gasteiger partial charge in [-0.3, -0.25) is 4.98 Å². The molecule has 0 saturated heterocycles. The molecular weight excluding hydrogens is 251 g/mol. The Balaban J connectivity index is 2.44. The lowest BCUT2D eigenvalue weighted by Crippen LogP contribution is -2.25. The van der Waals surface area contributed by atoms with Crippen molar-refractivity contribution in [3.05, 3.63) is 64.7 Å². The quantitative estimate of drug-likeness (QED) is 0.892. The van der Waals surface area contributed by atoms with E-state index in [1.165, 1.54) is 17.2 Å². The van der Waals surface area contributed by atoms with Gasteiger partial charge < -0.3 is 5.32 Å². The van der Waals surface area contributed by atoms with Gasteiger partial charge in [-0.1, -0.05) is 36.2 Å². The monoisotopic (exact) mass is 272 g/mol. The van der Waals surface area contributed by atoms with E-state index < -0.39 is 0 Å². The maximum absolute atomic E-state index is 14.1.